The fraction of sp³-hybridized carbons (Fsp3) is 0. The van der Waals surface area contributed by atoms with Crippen molar-refractivity contribution in [1.29, 1.82) is 0 Å². The maximum Gasteiger partial charge on any atom is 0.335 e. The van der Waals surface area contributed by atoms with Gasteiger partial charge in [-0.3, -0.25) is 0 Å². The highest BCUT2D eigenvalue weighted by atomic mass is 16.4. The van der Waals surface area contributed by atoms with Gasteiger partial charge in [0.05, 0.1) is 27.8 Å². The second-order valence-electron chi connectivity index (χ2n) is 20.1. The number of benzene rings is 10. The first kappa shape index (κ1) is 59.6. The number of hydrogen-bond donors (Lipinski definition) is 6. The number of carboxylic acids is 5. The zero-order chi connectivity index (χ0) is 63.3. The van der Waals surface area contributed by atoms with Crippen molar-refractivity contribution >= 4 is 35.6 Å². The van der Waals surface area contributed by atoms with Crippen LogP contribution in [-0.4, -0.2) is 60.5 Å². The number of carboxylic acid groups (broad SMARTS) is 5. The molecule has 0 fully saturated rings. The van der Waals surface area contributed by atoms with Gasteiger partial charge in [-0.2, -0.15) is 0 Å². The van der Waals surface area contributed by atoms with E-state index in [0.29, 0.717) is 22.3 Å². The molecule has 0 aliphatic rings. The Hall–Kier alpha value is -13.6. The van der Waals surface area contributed by atoms with Crippen LogP contribution in [0.15, 0.2) is 225 Å². The number of aromatic carboxylic acids is 5. The third-order valence-electron chi connectivity index (χ3n) is 13.7. The van der Waals surface area contributed by atoms with Gasteiger partial charge in [0, 0.05) is 72.3 Å². The Kier molecular flexibility index (Phi) is 17.9. The molecule has 0 bridgehead atoms. The first-order valence-electron chi connectivity index (χ1n) is 27.3. The lowest BCUT2D eigenvalue weighted by molar-refractivity contribution is 0.0676. The first-order valence-corrected chi connectivity index (χ1v) is 27.3. The van der Waals surface area contributed by atoms with Crippen molar-refractivity contribution in [1.82, 2.24) is 0 Å². The Bertz CT molecular complexity index is 4370. The van der Waals surface area contributed by atoms with Crippen molar-refractivity contribution < 1.29 is 54.6 Å². The number of aliphatic hydroxyl groups is 1. The molecule has 11 heteroatoms. The summed E-state index contributed by atoms with van der Waals surface area (Å²) in [6.45, 7) is 3.50. The summed E-state index contributed by atoms with van der Waals surface area (Å²) in [7, 11) is 0. The van der Waals surface area contributed by atoms with Gasteiger partial charge in [0.1, 0.15) is 5.76 Å². The highest BCUT2D eigenvalue weighted by Crippen LogP contribution is 2.34. The van der Waals surface area contributed by atoms with Gasteiger partial charge in [-0.05, 0) is 215 Å². The van der Waals surface area contributed by atoms with Crippen molar-refractivity contribution in [3.63, 3.8) is 0 Å². The molecule has 10 aromatic rings. The second-order valence-corrected chi connectivity index (χ2v) is 20.1. The summed E-state index contributed by atoms with van der Waals surface area (Å²) in [5.41, 5.74) is 12.9. The molecular formula is C79H44O11. The molecule has 90 heavy (non-hydrogen) atoms. The Morgan fingerprint density at radius 2 is 0.356 bits per heavy atom. The molecule has 0 amide bonds. The minimum Gasteiger partial charge on any atom is -0.508 e. The molecule has 0 atom stereocenters. The molecule has 0 saturated carbocycles. The molecule has 0 unspecified atom stereocenters. The van der Waals surface area contributed by atoms with E-state index in [1.165, 1.54) is 36.4 Å². The van der Waals surface area contributed by atoms with Gasteiger partial charge in [0.2, 0.25) is 0 Å². The predicted molar refractivity (Wildman–Crippen MR) is 344 cm³/mol. The van der Waals surface area contributed by atoms with Crippen molar-refractivity contribution in [2.75, 3.05) is 0 Å². The highest BCUT2D eigenvalue weighted by Gasteiger charge is 2.14. The smallest absolute Gasteiger partial charge is 0.335 e. The Balaban J connectivity index is 0.879. The van der Waals surface area contributed by atoms with Crippen molar-refractivity contribution in [3.8, 4) is 104 Å². The summed E-state index contributed by atoms with van der Waals surface area (Å²) in [5, 5.41) is 57.1. The fourth-order valence-corrected chi connectivity index (χ4v) is 9.03. The lowest BCUT2D eigenvalue weighted by Crippen LogP contribution is -2.03. The van der Waals surface area contributed by atoms with E-state index in [-0.39, 0.29) is 50.3 Å². The summed E-state index contributed by atoms with van der Waals surface area (Å²) in [4.78, 5) is 57.8. The Morgan fingerprint density at radius 1 is 0.200 bits per heavy atom. The lowest BCUT2D eigenvalue weighted by Gasteiger charge is -2.12. The largest absolute Gasteiger partial charge is 0.508 e. The minimum absolute atomic E-state index is 0.0103. The van der Waals surface area contributed by atoms with Crippen LogP contribution < -0.4 is 0 Å². The average molecular weight is 1170 g/mol. The SMILES string of the molecule is C=C(O)c1cc(C#Cc2ccc(C#Cc3ccc(-c4cc(-c5ccc(C#Cc6ccc(C#Cc7cc(C(=O)O)cc(C(=O)O)c7)cc6)cc5)cc(-c5ccc(C#Cc6ccc(C#Cc7cc(C(=O)O)cc(C(=O)O)c7)cc6)cc5)c4)cc3)cc2)cc(C(=O)O)c1. The molecule has 426 valence electrons. The maximum atomic E-state index is 11.6. The first-order chi connectivity index (χ1) is 43.4. The zero-order valence-electron chi connectivity index (χ0n) is 47.2. The normalized spacial score (nSPS) is 10.0. The van der Waals surface area contributed by atoms with Crippen LogP contribution in [0.3, 0.4) is 0 Å². The number of hydrogen-bond acceptors (Lipinski definition) is 6. The molecule has 0 aromatic heterocycles. The standard InChI is InChI=1S/C79H44O11/c1-50(80)66-38-60(39-70(44-66)75(81)82)23-20-54-8-2-51(3-9-54)14-17-57-26-32-63(33-27-57)67-45-68(64-34-28-58(29-35-64)18-15-52-4-10-55(11-5-52)21-24-61-40-71(76(83)84)48-72(41-61)77(85)86)47-69(46-67)65-36-30-59(31-37-65)19-16-53-6-12-56(13-7-53)22-25-62-42-73(78(87)88)49-74(43-62)79(89)90/h2-13,26-49,80H,1H2,(H,81,82)(H,83,84)(H,85,86)(H,87,88)(H,89,90). The van der Waals surface area contributed by atoms with Gasteiger partial charge in [-0.15, -0.1) is 0 Å². The van der Waals surface area contributed by atoms with Gasteiger partial charge in [0.25, 0.3) is 0 Å². The number of rotatable bonds is 9. The average Bonchev–Trinajstić information content (AvgIpc) is 3.29. The minimum atomic E-state index is -1.25. The van der Waals surface area contributed by atoms with Crippen LogP contribution in [-0.2, 0) is 0 Å². The Morgan fingerprint density at radius 3 is 0.533 bits per heavy atom. The van der Waals surface area contributed by atoms with Gasteiger partial charge >= 0.3 is 29.8 Å². The van der Waals surface area contributed by atoms with Crippen molar-refractivity contribution in [2.45, 2.75) is 0 Å². The van der Waals surface area contributed by atoms with Crippen LogP contribution in [0.1, 0.15) is 124 Å². The van der Waals surface area contributed by atoms with Gasteiger partial charge < -0.3 is 30.6 Å². The monoisotopic (exact) mass is 1170 g/mol. The third-order valence-corrected chi connectivity index (χ3v) is 13.7. The van der Waals surface area contributed by atoms with E-state index in [4.69, 9.17) is 0 Å². The van der Waals surface area contributed by atoms with E-state index < -0.39 is 29.8 Å². The van der Waals surface area contributed by atoms with E-state index in [1.54, 1.807) is 30.3 Å². The summed E-state index contributed by atoms with van der Waals surface area (Å²) in [5.74, 6) is 30.6. The van der Waals surface area contributed by atoms with Crippen molar-refractivity contribution in [2.24, 2.45) is 0 Å². The summed E-state index contributed by atoms with van der Waals surface area (Å²) in [6, 6.07) is 64.0. The molecule has 10 aromatic carbocycles. The van der Waals surface area contributed by atoms with Crippen LogP contribution in [0.2, 0.25) is 0 Å². The van der Waals surface area contributed by atoms with Gasteiger partial charge in [-0.25, -0.2) is 24.0 Å². The van der Waals surface area contributed by atoms with Crippen LogP contribution in [0, 0.1) is 71.0 Å². The molecule has 11 nitrogen and oxygen atoms in total. The lowest BCUT2D eigenvalue weighted by atomic mass is 9.92. The molecule has 0 spiro atoms. The van der Waals surface area contributed by atoms with E-state index in [9.17, 15) is 54.6 Å². The summed E-state index contributed by atoms with van der Waals surface area (Å²) < 4.78 is 0. The summed E-state index contributed by atoms with van der Waals surface area (Å²) in [6.07, 6.45) is 0. The molecule has 0 radical (unpaired) electrons. The van der Waals surface area contributed by atoms with Gasteiger partial charge in [0.15, 0.2) is 0 Å². The van der Waals surface area contributed by atoms with E-state index in [0.717, 1.165) is 78.9 Å². The maximum absolute atomic E-state index is 11.6. The van der Waals surface area contributed by atoms with Crippen LogP contribution in [0.4, 0.5) is 0 Å². The third kappa shape index (κ3) is 15.6. The molecule has 0 aliphatic heterocycles. The van der Waals surface area contributed by atoms with Crippen LogP contribution in [0.25, 0.3) is 39.1 Å². The zero-order valence-corrected chi connectivity index (χ0v) is 47.2. The topological polar surface area (TPSA) is 207 Å². The highest BCUT2D eigenvalue weighted by molar-refractivity contribution is 5.96. The number of carbonyl (C=O) groups is 5. The quantitative estimate of drug-likeness (QED) is 0.0592. The second kappa shape index (κ2) is 27.0. The summed E-state index contributed by atoms with van der Waals surface area (Å²) >= 11 is 0. The Labute approximate surface area is 517 Å². The van der Waals surface area contributed by atoms with Crippen LogP contribution in [0.5, 0.6) is 0 Å². The molecule has 10 rings (SSSR count). The molecular weight excluding hydrogens is 1120 g/mol. The molecule has 0 aliphatic carbocycles. The predicted octanol–water partition coefficient (Wildman–Crippen LogP) is 14.1. The fourth-order valence-electron chi connectivity index (χ4n) is 9.03. The van der Waals surface area contributed by atoms with E-state index in [1.807, 2.05) is 121 Å². The van der Waals surface area contributed by atoms with Crippen LogP contribution >= 0.6 is 0 Å². The molecule has 0 heterocycles. The van der Waals surface area contributed by atoms with E-state index in [2.05, 4.69) is 95.8 Å². The van der Waals surface area contributed by atoms with Crippen molar-refractivity contribution in [3.05, 3.63) is 325 Å². The van der Waals surface area contributed by atoms with Gasteiger partial charge in [-0.1, -0.05) is 114 Å². The van der Waals surface area contributed by atoms with E-state index >= 15 is 0 Å². The number of aliphatic hydroxyl groups excluding tert-OH is 1. The molecule has 0 saturated heterocycles. The molecule has 6 N–H and O–H groups in total.